The normalized spacial score (nSPS) is 19.2. The molecule has 0 amide bonds. The molecular weight excluding hydrogens is 413 g/mol. The van der Waals surface area contributed by atoms with Crippen molar-refractivity contribution in [1.29, 1.82) is 0 Å². The molecule has 162 valence electrons. The summed E-state index contributed by atoms with van der Waals surface area (Å²) < 4.78 is 15.0. The number of rotatable bonds is 3. The predicted molar refractivity (Wildman–Crippen MR) is 115 cm³/mol. The first-order valence-corrected chi connectivity index (χ1v) is 10.2. The van der Waals surface area contributed by atoms with E-state index in [-0.39, 0.29) is 22.7 Å². The number of hydrogen-bond acceptors (Lipinski definition) is 6. The van der Waals surface area contributed by atoms with Crippen LogP contribution in [0.4, 0.5) is 16.0 Å². The zero-order chi connectivity index (χ0) is 22.6. The molecule has 1 aliphatic carbocycles. The Morgan fingerprint density at radius 3 is 2.66 bits per heavy atom. The number of carbonyl (C=O) groups excluding carboxylic acids is 1. The topological polar surface area (TPSA) is 103 Å². The number of nitrogens with zero attached hydrogens (tertiary/aromatic N) is 4. The Morgan fingerprint density at radius 2 is 1.94 bits per heavy atom. The number of halogens is 1. The average molecular weight is 433 g/mol. The molecular formula is C23H20FN5O3. The minimum Gasteiger partial charge on any atom is -0.328 e. The van der Waals surface area contributed by atoms with Gasteiger partial charge in [0.2, 0.25) is 5.95 Å². The number of nitro benzene ring substituents is 1. The van der Waals surface area contributed by atoms with Crippen molar-refractivity contribution >= 4 is 17.4 Å². The van der Waals surface area contributed by atoms with E-state index in [1.54, 1.807) is 28.9 Å². The van der Waals surface area contributed by atoms with Crippen molar-refractivity contribution in [3.05, 3.63) is 81.3 Å². The van der Waals surface area contributed by atoms with E-state index in [1.807, 2.05) is 13.8 Å². The SMILES string of the molecule is CC1(C)CC(=O)C2=C(C1)Nc1nc(-c3ccc(F)cc3)nn1C2c1cccc([N+](=O)[O-])c1. The van der Waals surface area contributed by atoms with Gasteiger partial charge in [0.1, 0.15) is 11.9 Å². The van der Waals surface area contributed by atoms with Gasteiger partial charge >= 0.3 is 0 Å². The van der Waals surface area contributed by atoms with Crippen LogP contribution >= 0.6 is 0 Å². The Labute approximate surface area is 182 Å². The molecule has 8 nitrogen and oxygen atoms in total. The van der Waals surface area contributed by atoms with Gasteiger partial charge in [-0.2, -0.15) is 4.98 Å². The summed E-state index contributed by atoms with van der Waals surface area (Å²) in [4.78, 5) is 28.7. The van der Waals surface area contributed by atoms with Crippen LogP contribution in [0.1, 0.15) is 38.3 Å². The number of non-ortho nitro benzene ring substituents is 1. The van der Waals surface area contributed by atoms with E-state index in [1.165, 1.54) is 24.3 Å². The van der Waals surface area contributed by atoms with E-state index in [9.17, 15) is 19.3 Å². The van der Waals surface area contributed by atoms with Gasteiger partial charge in [-0.05, 0) is 41.7 Å². The molecule has 5 rings (SSSR count). The van der Waals surface area contributed by atoms with Crippen LogP contribution in [0.5, 0.6) is 0 Å². The molecule has 3 aromatic rings. The maximum atomic E-state index is 13.4. The Hall–Kier alpha value is -3.88. The molecule has 2 aliphatic rings. The monoisotopic (exact) mass is 433 g/mol. The number of hydrogen-bond donors (Lipinski definition) is 1. The number of carbonyl (C=O) groups is 1. The van der Waals surface area contributed by atoms with Crippen LogP contribution in [0.3, 0.4) is 0 Å². The van der Waals surface area contributed by atoms with E-state index in [2.05, 4.69) is 15.4 Å². The number of allylic oxidation sites excluding steroid dienone is 2. The fourth-order valence-electron chi connectivity index (χ4n) is 4.45. The van der Waals surface area contributed by atoms with Crippen molar-refractivity contribution in [2.24, 2.45) is 5.41 Å². The number of ketones is 1. The van der Waals surface area contributed by atoms with Crippen molar-refractivity contribution in [2.75, 3.05) is 5.32 Å². The molecule has 0 spiro atoms. The summed E-state index contributed by atoms with van der Waals surface area (Å²) in [6, 6.07) is 11.4. The Balaban J connectivity index is 1.69. The summed E-state index contributed by atoms with van der Waals surface area (Å²) in [5, 5.41) is 19.3. The van der Waals surface area contributed by atoms with E-state index in [4.69, 9.17) is 0 Å². The quantitative estimate of drug-likeness (QED) is 0.476. The number of anilines is 1. The minimum absolute atomic E-state index is 0.0234. The first-order valence-electron chi connectivity index (χ1n) is 10.2. The van der Waals surface area contributed by atoms with Crippen LogP contribution in [-0.2, 0) is 4.79 Å². The van der Waals surface area contributed by atoms with Crippen LogP contribution in [-0.4, -0.2) is 25.5 Å². The molecule has 32 heavy (non-hydrogen) atoms. The second-order valence-corrected chi connectivity index (χ2v) is 8.92. The van der Waals surface area contributed by atoms with Gasteiger partial charge in [-0.25, -0.2) is 9.07 Å². The fourth-order valence-corrected chi connectivity index (χ4v) is 4.45. The molecule has 0 fully saturated rings. The van der Waals surface area contributed by atoms with E-state index >= 15 is 0 Å². The highest BCUT2D eigenvalue weighted by Gasteiger charge is 2.42. The maximum Gasteiger partial charge on any atom is 0.269 e. The number of benzene rings is 2. The summed E-state index contributed by atoms with van der Waals surface area (Å²) in [5.41, 5.74) is 2.22. The molecule has 0 radical (unpaired) electrons. The minimum atomic E-state index is -0.647. The number of Topliss-reactive ketones (excluding diaryl/α,β-unsaturated/α-hetero) is 1. The molecule has 1 N–H and O–H groups in total. The smallest absolute Gasteiger partial charge is 0.269 e. The van der Waals surface area contributed by atoms with Gasteiger partial charge in [0.15, 0.2) is 11.6 Å². The van der Waals surface area contributed by atoms with Crippen LogP contribution < -0.4 is 5.32 Å². The predicted octanol–water partition coefficient (Wildman–Crippen LogP) is 4.65. The second kappa shape index (κ2) is 7.08. The second-order valence-electron chi connectivity index (χ2n) is 8.92. The Morgan fingerprint density at radius 1 is 1.19 bits per heavy atom. The average Bonchev–Trinajstić information content (AvgIpc) is 3.15. The first kappa shape index (κ1) is 20.0. The third-order valence-electron chi connectivity index (χ3n) is 5.83. The molecule has 1 unspecified atom stereocenters. The van der Waals surface area contributed by atoms with Crippen LogP contribution in [0.15, 0.2) is 59.8 Å². The van der Waals surface area contributed by atoms with Crippen molar-refractivity contribution < 1.29 is 14.1 Å². The van der Waals surface area contributed by atoms with E-state index in [0.717, 1.165) is 5.70 Å². The summed E-state index contributed by atoms with van der Waals surface area (Å²) >= 11 is 0. The number of fused-ring (bicyclic) bond motifs is 1. The van der Waals surface area contributed by atoms with Gasteiger partial charge in [0, 0.05) is 35.4 Å². The molecule has 1 atom stereocenters. The van der Waals surface area contributed by atoms with Gasteiger partial charge in [0.05, 0.1) is 4.92 Å². The lowest BCUT2D eigenvalue weighted by molar-refractivity contribution is -0.384. The largest absolute Gasteiger partial charge is 0.328 e. The lowest BCUT2D eigenvalue weighted by atomic mass is 9.73. The Kier molecular flexibility index (Phi) is 4.44. The summed E-state index contributed by atoms with van der Waals surface area (Å²) in [6.07, 6.45) is 1.01. The summed E-state index contributed by atoms with van der Waals surface area (Å²) in [5.74, 6) is 0.416. The van der Waals surface area contributed by atoms with Gasteiger partial charge < -0.3 is 5.32 Å². The standard InChI is InChI=1S/C23H20FN5O3/c1-23(2)11-17-19(18(30)12-23)20(14-4-3-5-16(10-14)29(31)32)28-22(25-17)26-21(27-28)13-6-8-15(24)9-7-13/h3-10,20H,11-12H2,1-2H3,(H,25,26,27). The lowest BCUT2D eigenvalue weighted by Crippen LogP contribution is -2.36. The fraction of sp³-hybridized carbons (Fsp3) is 0.261. The zero-order valence-corrected chi connectivity index (χ0v) is 17.5. The van der Waals surface area contributed by atoms with E-state index in [0.29, 0.717) is 41.3 Å². The highest BCUT2D eigenvalue weighted by Crippen LogP contribution is 2.46. The van der Waals surface area contributed by atoms with Crippen molar-refractivity contribution in [3.8, 4) is 11.4 Å². The molecule has 2 heterocycles. The molecule has 9 heteroatoms. The highest BCUT2D eigenvalue weighted by atomic mass is 19.1. The third-order valence-corrected chi connectivity index (χ3v) is 5.83. The van der Waals surface area contributed by atoms with Crippen molar-refractivity contribution in [2.45, 2.75) is 32.7 Å². The molecule has 1 aliphatic heterocycles. The molecule has 0 saturated heterocycles. The zero-order valence-electron chi connectivity index (χ0n) is 17.5. The van der Waals surface area contributed by atoms with Gasteiger partial charge in [-0.3, -0.25) is 14.9 Å². The molecule has 1 aromatic heterocycles. The molecule has 0 bridgehead atoms. The number of aromatic nitrogens is 3. The summed E-state index contributed by atoms with van der Waals surface area (Å²) in [7, 11) is 0. The Bertz CT molecular complexity index is 1290. The molecule has 2 aromatic carbocycles. The number of nitrogens with one attached hydrogen (secondary N) is 1. The first-order chi connectivity index (χ1) is 15.2. The third kappa shape index (κ3) is 3.35. The van der Waals surface area contributed by atoms with Crippen molar-refractivity contribution in [3.63, 3.8) is 0 Å². The lowest BCUT2D eigenvalue weighted by Gasteiger charge is -2.38. The van der Waals surface area contributed by atoms with Crippen LogP contribution in [0.2, 0.25) is 0 Å². The highest BCUT2D eigenvalue weighted by molar-refractivity contribution is 6.00. The van der Waals surface area contributed by atoms with Gasteiger partial charge in [-0.1, -0.05) is 26.0 Å². The van der Waals surface area contributed by atoms with Crippen LogP contribution in [0, 0.1) is 21.3 Å². The summed E-state index contributed by atoms with van der Waals surface area (Å²) in [6.45, 7) is 4.06. The van der Waals surface area contributed by atoms with Crippen LogP contribution in [0.25, 0.3) is 11.4 Å². The van der Waals surface area contributed by atoms with Gasteiger partial charge in [-0.15, -0.1) is 5.10 Å². The number of nitro groups is 1. The molecule has 0 saturated carbocycles. The maximum absolute atomic E-state index is 13.4. The van der Waals surface area contributed by atoms with E-state index < -0.39 is 11.0 Å². The van der Waals surface area contributed by atoms with Crippen molar-refractivity contribution in [1.82, 2.24) is 14.8 Å². The van der Waals surface area contributed by atoms with Gasteiger partial charge in [0.25, 0.3) is 5.69 Å².